The van der Waals surface area contributed by atoms with Gasteiger partial charge in [-0.15, -0.1) is 0 Å². The van der Waals surface area contributed by atoms with E-state index in [1.807, 2.05) is 0 Å². The van der Waals surface area contributed by atoms with Gasteiger partial charge in [-0.3, -0.25) is 14.5 Å². The predicted octanol–water partition coefficient (Wildman–Crippen LogP) is 0.456. The van der Waals surface area contributed by atoms with Crippen molar-refractivity contribution in [2.45, 2.75) is 18.5 Å². The van der Waals surface area contributed by atoms with Gasteiger partial charge in [0, 0.05) is 6.54 Å². The number of amides is 2. The molecular formula is C13H14N2O4. The number of aliphatic hydroxyl groups excluding tert-OH is 1. The average Bonchev–Trinajstić information content (AvgIpc) is 2.91. The summed E-state index contributed by atoms with van der Waals surface area (Å²) in [5.41, 5.74) is -0.686. The number of hydrogen-bond donors (Lipinski definition) is 2. The molecule has 2 amide bonds. The highest BCUT2D eigenvalue weighted by Crippen LogP contribution is 2.37. The Bertz CT molecular complexity index is 524. The molecule has 0 radical (unpaired) electrons. The summed E-state index contributed by atoms with van der Waals surface area (Å²) >= 11 is 0. The van der Waals surface area contributed by atoms with Crippen molar-refractivity contribution in [2.24, 2.45) is 0 Å². The number of benzene rings is 1. The lowest BCUT2D eigenvalue weighted by Gasteiger charge is -2.39. The monoisotopic (exact) mass is 262 g/mol. The molecule has 1 atom stereocenters. The van der Waals surface area contributed by atoms with Gasteiger partial charge in [0.25, 0.3) is 11.8 Å². The number of aliphatic hydroxyl groups is 1. The van der Waals surface area contributed by atoms with E-state index in [4.69, 9.17) is 0 Å². The molecule has 0 bridgehead atoms. The van der Waals surface area contributed by atoms with E-state index in [-0.39, 0.29) is 0 Å². The number of nitrogens with zero attached hydrogens (tertiary/aromatic N) is 2. The molecular weight excluding hydrogens is 248 g/mol. The molecule has 1 fully saturated rings. The fraction of sp³-hybridized carbons (Fsp3) is 0.385. The van der Waals surface area contributed by atoms with Crippen LogP contribution in [-0.4, -0.2) is 50.9 Å². The zero-order valence-corrected chi connectivity index (χ0v) is 10.2. The molecule has 19 heavy (non-hydrogen) atoms. The molecule has 0 unspecified atom stereocenters. The first-order valence-electron chi connectivity index (χ1n) is 6.17. The maximum absolute atomic E-state index is 12.4. The fourth-order valence-corrected chi connectivity index (χ4v) is 2.88. The van der Waals surface area contributed by atoms with Crippen molar-refractivity contribution in [2.75, 3.05) is 13.2 Å². The van der Waals surface area contributed by atoms with Crippen LogP contribution in [0, 0.1) is 0 Å². The molecule has 100 valence electrons. The predicted molar refractivity (Wildman–Crippen MR) is 64.5 cm³/mol. The Kier molecular flexibility index (Phi) is 2.67. The number of fused-ring (bicyclic) bond motifs is 1. The quantitative estimate of drug-likeness (QED) is 0.757. The molecule has 6 heteroatoms. The molecule has 6 nitrogen and oxygen atoms in total. The van der Waals surface area contributed by atoms with Gasteiger partial charge in [-0.1, -0.05) is 12.1 Å². The van der Waals surface area contributed by atoms with Gasteiger partial charge in [-0.05, 0) is 25.0 Å². The Balaban J connectivity index is 2.09. The lowest BCUT2D eigenvalue weighted by atomic mass is 10.1. The largest absolute Gasteiger partial charge is 0.392 e. The van der Waals surface area contributed by atoms with E-state index in [0.29, 0.717) is 30.5 Å². The highest BCUT2D eigenvalue weighted by atomic mass is 16.5. The average molecular weight is 262 g/mol. The van der Waals surface area contributed by atoms with Gasteiger partial charge < -0.3 is 10.3 Å². The molecule has 3 rings (SSSR count). The normalized spacial score (nSPS) is 27.2. The van der Waals surface area contributed by atoms with Gasteiger partial charge in [0.2, 0.25) is 0 Å². The van der Waals surface area contributed by atoms with Gasteiger partial charge in [-0.2, -0.15) is 5.06 Å². The van der Waals surface area contributed by atoms with E-state index in [1.54, 1.807) is 24.3 Å². The zero-order valence-electron chi connectivity index (χ0n) is 10.2. The lowest BCUT2D eigenvalue weighted by Crippen LogP contribution is -2.60. The minimum Gasteiger partial charge on any atom is -0.392 e. The van der Waals surface area contributed by atoms with E-state index < -0.39 is 24.1 Å². The molecule has 0 saturated carbocycles. The molecule has 2 aliphatic rings. The topological polar surface area (TPSA) is 81.1 Å². The van der Waals surface area contributed by atoms with Crippen molar-refractivity contribution in [3.05, 3.63) is 35.4 Å². The Morgan fingerprint density at radius 2 is 1.74 bits per heavy atom. The fourth-order valence-electron chi connectivity index (χ4n) is 2.88. The SMILES string of the molecule is O=C1c2ccccc2C(=O)N1[C@@]1(CO)CCCN1O. The number of carbonyl (C=O) groups is 2. The molecule has 2 aliphatic heterocycles. The number of hydroxylamine groups is 2. The summed E-state index contributed by atoms with van der Waals surface area (Å²) in [6, 6.07) is 6.53. The van der Waals surface area contributed by atoms with E-state index in [2.05, 4.69) is 0 Å². The Morgan fingerprint density at radius 1 is 1.16 bits per heavy atom. The molecule has 2 N–H and O–H groups in total. The van der Waals surface area contributed by atoms with Gasteiger partial charge >= 0.3 is 0 Å². The highest BCUT2D eigenvalue weighted by molar-refractivity contribution is 6.21. The van der Waals surface area contributed by atoms with Crippen LogP contribution in [0.4, 0.5) is 0 Å². The van der Waals surface area contributed by atoms with Crippen LogP contribution in [0.3, 0.4) is 0 Å². The molecule has 0 aliphatic carbocycles. The van der Waals surface area contributed by atoms with Gasteiger partial charge in [0.1, 0.15) is 5.66 Å². The third kappa shape index (κ3) is 1.48. The van der Waals surface area contributed by atoms with E-state index >= 15 is 0 Å². The minimum absolute atomic E-state index is 0.320. The first-order chi connectivity index (χ1) is 9.12. The third-order valence-corrected chi connectivity index (χ3v) is 3.89. The highest BCUT2D eigenvalue weighted by Gasteiger charge is 2.54. The van der Waals surface area contributed by atoms with E-state index in [1.165, 1.54) is 0 Å². The standard InChI is InChI=1S/C13H14N2O4/c16-8-13(6-3-7-14(13)19)15-11(17)9-4-1-2-5-10(9)12(15)18/h1-2,4-5,16,19H,3,6-8H2/t13-/m1/s1. The van der Waals surface area contributed by atoms with Crippen molar-refractivity contribution >= 4 is 11.8 Å². The second-order valence-corrected chi connectivity index (χ2v) is 4.86. The number of carbonyl (C=O) groups excluding carboxylic acids is 2. The van der Waals surface area contributed by atoms with E-state index in [9.17, 15) is 19.9 Å². The minimum atomic E-state index is -1.33. The van der Waals surface area contributed by atoms with Crippen LogP contribution in [0.15, 0.2) is 24.3 Å². The lowest BCUT2D eigenvalue weighted by molar-refractivity contribution is -0.198. The summed E-state index contributed by atoms with van der Waals surface area (Å²) in [5, 5.41) is 20.5. The maximum atomic E-state index is 12.4. The summed E-state index contributed by atoms with van der Waals surface area (Å²) in [6.45, 7) is -0.150. The van der Waals surface area contributed by atoms with Gasteiger partial charge in [0.15, 0.2) is 0 Å². The zero-order chi connectivity index (χ0) is 13.6. The first-order valence-corrected chi connectivity index (χ1v) is 6.17. The second-order valence-electron chi connectivity index (χ2n) is 4.86. The molecule has 2 heterocycles. The first kappa shape index (κ1) is 12.3. The van der Waals surface area contributed by atoms with Crippen LogP contribution in [0.5, 0.6) is 0 Å². The van der Waals surface area contributed by atoms with E-state index in [0.717, 1.165) is 9.96 Å². The van der Waals surface area contributed by atoms with Crippen LogP contribution >= 0.6 is 0 Å². The summed E-state index contributed by atoms with van der Waals surface area (Å²) in [7, 11) is 0. The summed E-state index contributed by atoms with van der Waals surface area (Å²) < 4.78 is 0. The third-order valence-electron chi connectivity index (χ3n) is 3.89. The van der Waals surface area contributed by atoms with Crippen molar-refractivity contribution in [1.82, 2.24) is 9.96 Å². The van der Waals surface area contributed by atoms with Crippen LogP contribution in [0.1, 0.15) is 33.6 Å². The van der Waals surface area contributed by atoms with Crippen molar-refractivity contribution in [3.63, 3.8) is 0 Å². The number of hydrogen-bond acceptors (Lipinski definition) is 5. The van der Waals surface area contributed by atoms with Crippen LogP contribution in [0.25, 0.3) is 0 Å². The summed E-state index contributed by atoms with van der Waals surface area (Å²) in [4.78, 5) is 25.7. The van der Waals surface area contributed by atoms with Crippen molar-refractivity contribution < 1.29 is 19.9 Å². The summed E-state index contributed by atoms with van der Waals surface area (Å²) in [6.07, 6.45) is 0.982. The van der Waals surface area contributed by atoms with Gasteiger partial charge in [-0.25, -0.2) is 0 Å². The molecule has 0 spiro atoms. The van der Waals surface area contributed by atoms with Crippen LogP contribution in [-0.2, 0) is 0 Å². The smallest absolute Gasteiger partial charge is 0.263 e. The second kappa shape index (κ2) is 4.12. The van der Waals surface area contributed by atoms with Crippen molar-refractivity contribution in [1.29, 1.82) is 0 Å². The summed E-state index contributed by atoms with van der Waals surface area (Å²) in [5.74, 6) is -0.925. The maximum Gasteiger partial charge on any atom is 0.263 e. The number of rotatable bonds is 2. The number of imide groups is 1. The molecule has 1 aromatic carbocycles. The molecule has 1 saturated heterocycles. The Hall–Kier alpha value is -1.76. The van der Waals surface area contributed by atoms with Crippen LogP contribution in [0.2, 0.25) is 0 Å². The van der Waals surface area contributed by atoms with Crippen molar-refractivity contribution in [3.8, 4) is 0 Å². The Morgan fingerprint density at radius 3 is 2.16 bits per heavy atom. The molecule has 1 aromatic rings. The Labute approximate surface area is 109 Å². The van der Waals surface area contributed by atoms with Crippen LogP contribution < -0.4 is 0 Å². The van der Waals surface area contributed by atoms with Gasteiger partial charge in [0.05, 0.1) is 17.7 Å². The molecule has 0 aromatic heterocycles.